The van der Waals surface area contributed by atoms with Crippen molar-refractivity contribution in [1.29, 1.82) is 0 Å². The number of amides is 2. The Morgan fingerprint density at radius 1 is 1.21 bits per heavy atom. The van der Waals surface area contributed by atoms with E-state index in [0.717, 1.165) is 45.2 Å². The molecule has 0 radical (unpaired) electrons. The second kappa shape index (κ2) is 8.49. The molecule has 1 unspecified atom stereocenters. The first-order valence-electron chi connectivity index (χ1n) is 10.1. The van der Waals surface area contributed by atoms with Crippen LogP contribution in [0.25, 0.3) is 0 Å². The van der Waals surface area contributed by atoms with Crippen molar-refractivity contribution in [3.63, 3.8) is 0 Å². The largest absolute Gasteiger partial charge is 0.493 e. The van der Waals surface area contributed by atoms with Gasteiger partial charge in [-0.25, -0.2) is 0 Å². The third kappa shape index (κ3) is 4.27. The number of fused-ring (bicyclic) bond motifs is 2. The number of carbonyl (C=O) groups is 2. The maximum absolute atomic E-state index is 12.8. The molecule has 6 heteroatoms. The molecule has 1 N–H and O–H groups in total. The third-order valence-electron chi connectivity index (χ3n) is 5.41. The molecule has 0 fully saturated rings. The Morgan fingerprint density at radius 2 is 2.03 bits per heavy atom. The van der Waals surface area contributed by atoms with E-state index in [1.165, 1.54) is 0 Å². The van der Waals surface area contributed by atoms with E-state index in [2.05, 4.69) is 17.4 Å². The first-order chi connectivity index (χ1) is 14.0. The molecule has 29 heavy (non-hydrogen) atoms. The zero-order valence-corrected chi connectivity index (χ0v) is 17.7. The normalized spacial score (nSPS) is 17.7. The summed E-state index contributed by atoms with van der Waals surface area (Å²) in [6.07, 6.45) is 1.15. The molecule has 2 amide bonds. The molecule has 5 nitrogen and oxygen atoms in total. The molecule has 0 aliphatic carbocycles. The van der Waals surface area contributed by atoms with Crippen LogP contribution in [0.2, 0.25) is 0 Å². The third-order valence-corrected chi connectivity index (χ3v) is 6.45. The molecule has 0 aromatic heterocycles. The summed E-state index contributed by atoms with van der Waals surface area (Å²) < 4.78 is 5.82. The van der Waals surface area contributed by atoms with Crippen molar-refractivity contribution in [1.82, 2.24) is 5.32 Å². The van der Waals surface area contributed by atoms with Crippen LogP contribution in [0, 0.1) is 13.8 Å². The average Bonchev–Trinajstić information content (AvgIpc) is 2.72. The van der Waals surface area contributed by atoms with Crippen molar-refractivity contribution in [3.8, 4) is 5.75 Å². The van der Waals surface area contributed by atoms with Crippen LogP contribution in [0.1, 0.15) is 42.0 Å². The van der Waals surface area contributed by atoms with Gasteiger partial charge in [-0.15, -0.1) is 11.8 Å². The second-order valence-electron chi connectivity index (χ2n) is 7.62. The minimum absolute atomic E-state index is 0.00645. The van der Waals surface area contributed by atoms with Gasteiger partial charge >= 0.3 is 0 Å². The van der Waals surface area contributed by atoms with Gasteiger partial charge in [0.2, 0.25) is 11.8 Å². The Labute approximate surface area is 175 Å². The van der Waals surface area contributed by atoms with Gasteiger partial charge in [0.25, 0.3) is 0 Å². The summed E-state index contributed by atoms with van der Waals surface area (Å²) in [7, 11) is 0. The number of thioether (sulfide) groups is 1. The van der Waals surface area contributed by atoms with E-state index in [1.54, 1.807) is 11.8 Å². The molecule has 1 atom stereocenters. The smallest absolute Gasteiger partial charge is 0.227 e. The number of anilines is 1. The average molecular weight is 411 g/mol. The number of hydrogen-bond acceptors (Lipinski definition) is 4. The summed E-state index contributed by atoms with van der Waals surface area (Å²) in [5.74, 6) is 1.68. The lowest BCUT2D eigenvalue weighted by atomic mass is 9.95. The Balaban J connectivity index is 1.38. The summed E-state index contributed by atoms with van der Waals surface area (Å²) in [6.45, 7) is 5.36. The lowest BCUT2D eigenvalue weighted by molar-refractivity contribution is -0.125. The molecule has 0 bridgehead atoms. The zero-order valence-electron chi connectivity index (χ0n) is 16.9. The number of nitrogens with zero attached hydrogens (tertiary/aromatic N) is 1. The fourth-order valence-corrected chi connectivity index (χ4v) is 5.07. The summed E-state index contributed by atoms with van der Waals surface area (Å²) in [5.41, 5.74) is 4.24. The van der Waals surface area contributed by atoms with E-state index in [-0.39, 0.29) is 30.7 Å². The van der Waals surface area contributed by atoms with Gasteiger partial charge in [0.05, 0.1) is 18.3 Å². The Bertz CT molecular complexity index is 944. The highest BCUT2D eigenvalue weighted by molar-refractivity contribution is 7.99. The minimum atomic E-state index is -0.0879. The van der Waals surface area contributed by atoms with Crippen LogP contribution in [0.4, 0.5) is 5.69 Å². The number of benzene rings is 2. The van der Waals surface area contributed by atoms with E-state index >= 15 is 0 Å². The van der Waals surface area contributed by atoms with Crippen molar-refractivity contribution in [3.05, 3.63) is 53.1 Å². The molecule has 2 aromatic carbocycles. The second-order valence-corrected chi connectivity index (χ2v) is 8.76. The predicted molar refractivity (Wildman–Crippen MR) is 116 cm³/mol. The molecule has 2 aliphatic rings. The van der Waals surface area contributed by atoms with E-state index in [4.69, 9.17) is 4.74 Å². The SMILES string of the molecule is Cc1cc(C)c2c(c1)C(NC(=O)CCC(=O)N1CCSc3ccccc31)CCO2. The topological polar surface area (TPSA) is 58.6 Å². The molecule has 4 rings (SSSR count). The highest BCUT2D eigenvalue weighted by Crippen LogP contribution is 2.36. The molecule has 2 aliphatic heterocycles. The fourth-order valence-electron chi connectivity index (χ4n) is 4.08. The first-order valence-corrected chi connectivity index (χ1v) is 11.1. The van der Waals surface area contributed by atoms with Crippen LogP contribution < -0.4 is 15.0 Å². The molecular weight excluding hydrogens is 384 g/mol. The van der Waals surface area contributed by atoms with Gasteiger partial charge in [-0.05, 0) is 31.5 Å². The van der Waals surface area contributed by atoms with Gasteiger partial charge in [-0.3, -0.25) is 9.59 Å². The Hall–Kier alpha value is -2.47. The van der Waals surface area contributed by atoms with E-state index in [9.17, 15) is 9.59 Å². The number of carbonyl (C=O) groups excluding carboxylic acids is 2. The summed E-state index contributed by atoms with van der Waals surface area (Å²) in [5, 5.41) is 3.11. The van der Waals surface area contributed by atoms with E-state index in [0.29, 0.717) is 13.2 Å². The number of para-hydroxylation sites is 1. The summed E-state index contributed by atoms with van der Waals surface area (Å²) >= 11 is 1.77. The highest BCUT2D eigenvalue weighted by Gasteiger charge is 2.26. The molecule has 0 spiro atoms. The van der Waals surface area contributed by atoms with E-state index in [1.807, 2.05) is 43.0 Å². The van der Waals surface area contributed by atoms with Crippen molar-refractivity contribution in [2.75, 3.05) is 23.8 Å². The molecule has 0 saturated heterocycles. The number of ether oxygens (including phenoxy) is 1. The van der Waals surface area contributed by atoms with Gasteiger partial charge < -0.3 is 15.0 Å². The van der Waals surface area contributed by atoms with Crippen molar-refractivity contribution in [2.24, 2.45) is 0 Å². The summed E-state index contributed by atoms with van der Waals surface area (Å²) in [4.78, 5) is 28.3. The van der Waals surface area contributed by atoms with Crippen LogP contribution in [0.5, 0.6) is 5.75 Å². The minimum Gasteiger partial charge on any atom is -0.493 e. The van der Waals surface area contributed by atoms with Gasteiger partial charge in [-0.1, -0.05) is 29.8 Å². The standard InChI is InChI=1S/C23H26N2O3S/c1-15-13-16(2)23-17(14-15)18(9-11-28-23)24-21(26)7-8-22(27)25-10-12-29-20-6-4-3-5-19(20)25/h3-6,13-14,18H,7-12H2,1-2H3,(H,24,26). The number of nitrogens with one attached hydrogen (secondary N) is 1. The molecule has 2 aromatic rings. The van der Waals surface area contributed by atoms with Crippen molar-refractivity contribution < 1.29 is 14.3 Å². The Kier molecular flexibility index (Phi) is 5.81. The van der Waals surface area contributed by atoms with Gasteiger partial charge in [0.15, 0.2) is 0 Å². The highest BCUT2D eigenvalue weighted by atomic mass is 32.2. The quantitative estimate of drug-likeness (QED) is 0.822. The van der Waals surface area contributed by atoms with Crippen LogP contribution in [-0.4, -0.2) is 30.7 Å². The number of hydrogen-bond donors (Lipinski definition) is 1. The fraction of sp³-hybridized carbons (Fsp3) is 0.391. The van der Waals surface area contributed by atoms with Gasteiger partial charge in [-0.2, -0.15) is 0 Å². The molecule has 0 saturated carbocycles. The van der Waals surface area contributed by atoms with Crippen LogP contribution in [0.3, 0.4) is 0 Å². The number of rotatable bonds is 4. The van der Waals surface area contributed by atoms with Gasteiger partial charge in [0.1, 0.15) is 5.75 Å². The van der Waals surface area contributed by atoms with Gasteiger partial charge in [0, 0.05) is 42.0 Å². The maximum Gasteiger partial charge on any atom is 0.227 e. The first kappa shape index (κ1) is 19.8. The lowest BCUT2D eigenvalue weighted by Crippen LogP contribution is -2.37. The van der Waals surface area contributed by atoms with Crippen LogP contribution in [0.15, 0.2) is 41.3 Å². The molecular formula is C23H26N2O3S. The van der Waals surface area contributed by atoms with Crippen LogP contribution in [-0.2, 0) is 9.59 Å². The Morgan fingerprint density at radius 3 is 2.90 bits per heavy atom. The number of aryl methyl sites for hydroxylation is 2. The molecule has 2 heterocycles. The zero-order chi connectivity index (χ0) is 20.4. The van der Waals surface area contributed by atoms with Crippen LogP contribution >= 0.6 is 11.8 Å². The van der Waals surface area contributed by atoms with Crippen molar-refractivity contribution >= 4 is 29.3 Å². The van der Waals surface area contributed by atoms with E-state index < -0.39 is 0 Å². The molecule has 152 valence electrons. The monoisotopic (exact) mass is 410 g/mol. The maximum atomic E-state index is 12.8. The predicted octanol–water partition coefficient (Wildman–Crippen LogP) is 4.16. The van der Waals surface area contributed by atoms with Crippen molar-refractivity contribution in [2.45, 2.75) is 44.0 Å². The summed E-state index contributed by atoms with van der Waals surface area (Å²) in [6, 6.07) is 12.1. The lowest BCUT2D eigenvalue weighted by Gasteiger charge is -2.30.